The quantitative estimate of drug-likeness (QED) is 0.430. The third kappa shape index (κ3) is 4.73. The van der Waals surface area contributed by atoms with E-state index in [2.05, 4.69) is 59.4 Å². The summed E-state index contributed by atoms with van der Waals surface area (Å²) < 4.78 is 15.4. The van der Waals surface area contributed by atoms with Crippen molar-refractivity contribution in [2.45, 2.75) is 104 Å². The van der Waals surface area contributed by atoms with Gasteiger partial charge in [0.1, 0.15) is 11.4 Å². The van der Waals surface area contributed by atoms with Crippen LogP contribution in [-0.4, -0.2) is 16.5 Å². The fourth-order valence-corrected chi connectivity index (χ4v) is 8.55. The maximum absolute atomic E-state index is 15.4. The first kappa shape index (κ1) is 26.7. The summed E-state index contributed by atoms with van der Waals surface area (Å²) in [5.74, 6) is 9.10. The second-order valence-corrected chi connectivity index (χ2v) is 14.3. The molecular weight excluding hydrogens is 459 g/mol. The summed E-state index contributed by atoms with van der Waals surface area (Å²) in [5.41, 5.74) is 1.64. The monoisotopic (exact) mass is 504 g/mol. The van der Waals surface area contributed by atoms with Crippen LogP contribution in [0.3, 0.4) is 0 Å². The van der Waals surface area contributed by atoms with E-state index in [1.165, 1.54) is 5.57 Å². The molecule has 200 valence electrons. The van der Waals surface area contributed by atoms with Crippen molar-refractivity contribution in [3.8, 4) is 11.8 Å². The Balaban J connectivity index is 1.59. The molecule has 0 aliphatic heterocycles. The molecule has 37 heavy (non-hydrogen) atoms. The van der Waals surface area contributed by atoms with Gasteiger partial charge in [-0.15, -0.1) is 0 Å². The number of rotatable bonds is 3. The van der Waals surface area contributed by atoms with Gasteiger partial charge in [0.25, 0.3) is 0 Å². The lowest BCUT2D eigenvalue weighted by Gasteiger charge is -2.58. The molecular formula is C34H45FO2. The molecule has 7 atom stereocenters. The van der Waals surface area contributed by atoms with Crippen molar-refractivity contribution in [1.29, 1.82) is 0 Å². The van der Waals surface area contributed by atoms with Crippen LogP contribution < -0.4 is 0 Å². The van der Waals surface area contributed by atoms with Gasteiger partial charge in [-0.25, -0.2) is 4.39 Å². The molecule has 4 aliphatic rings. The zero-order valence-corrected chi connectivity index (χ0v) is 23.7. The third-order valence-electron chi connectivity index (χ3n) is 10.2. The van der Waals surface area contributed by atoms with Crippen molar-refractivity contribution >= 4 is 5.78 Å². The molecule has 0 amide bonds. The van der Waals surface area contributed by atoms with E-state index in [4.69, 9.17) is 0 Å². The number of carbonyl (C=O) groups excluding carboxylic acids is 1. The number of fused-ring (bicyclic) bond motifs is 5. The SMILES string of the molecule is CC(C)Cc1ccc([C@H]2C[C@@]3(C)[C@@H](CC[C@@]3(O)C#CC(C)(C)C)[C@@H]3CCC4=CC(=O)CC[C@@H]4[C@H]32)cc1F. The van der Waals surface area contributed by atoms with Gasteiger partial charge in [-0.2, -0.15) is 0 Å². The van der Waals surface area contributed by atoms with Gasteiger partial charge >= 0.3 is 0 Å². The maximum atomic E-state index is 15.4. The fraction of sp³-hybridized carbons (Fsp3) is 0.676. The van der Waals surface area contributed by atoms with Crippen molar-refractivity contribution in [3.05, 3.63) is 46.8 Å². The molecule has 1 aromatic rings. The topological polar surface area (TPSA) is 37.3 Å². The van der Waals surface area contributed by atoms with E-state index < -0.39 is 5.60 Å². The lowest BCUT2D eigenvalue weighted by molar-refractivity contribution is -0.117. The minimum absolute atomic E-state index is 0.102. The minimum atomic E-state index is -1.02. The summed E-state index contributed by atoms with van der Waals surface area (Å²) in [5, 5.41) is 12.1. The molecule has 1 aromatic carbocycles. The summed E-state index contributed by atoms with van der Waals surface area (Å²) in [6, 6.07) is 5.95. The van der Waals surface area contributed by atoms with Gasteiger partial charge in [0.05, 0.1) is 0 Å². The Morgan fingerprint density at radius 3 is 2.57 bits per heavy atom. The number of ketones is 1. The number of allylic oxidation sites excluding steroid dienone is 1. The molecule has 0 spiro atoms. The summed E-state index contributed by atoms with van der Waals surface area (Å²) in [4.78, 5) is 12.3. The molecule has 0 unspecified atom stereocenters. The third-order valence-corrected chi connectivity index (χ3v) is 10.2. The molecule has 3 saturated carbocycles. The standard InChI is InChI=1S/C34H45FO2/c1-21(2)17-24-8-7-23(19-30(24)35)28-20-33(6)29(13-14-34(33,37)16-15-32(3,4)5)27-11-9-22-18-25(36)10-12-26(22)31(27)28/h7-8,18-19,21,26-29,31,37H,9-14,17,20H2,1-6H3/t26-,27-,28+,29-,31+,33-,34+/m0/s1. The largest absolute Gasteiger partial charge is 0.377 e. The van der Waals surface area contributed by atoms with E-state index in [1.807, 2.05) is 12.1 Å². The van der Waals surface area contributed by atoms with Crippen LogP contribution in [0.2, 0.25) is 0 Å². The number of aliphatic hydroxyl groups is 1. The number of carbonyl (C=O) groups is 1. The molecule has 3 fully saturated rings. The highest BCUT2D eigenvalue weighted by atomic mass is 19.1. The Kier molecular flexibility index (Phi) is 6.76. The predicted molar refractivity (Wildman–Crippen MR) is 147 cm³/mol. The fourth-order valence-electron chi connectivity index (χ4n) is 8.55. The highest BCUT2D eigenvalue weighted by Crippen LogP contribution is 2.68. The van der Waals surface area contributed by atoms with E-state index in [9.17, 15) is 9.90 Å². The average molecular weight is 505 g/mol. The van der Waals surface area contributed by atoms with Crippen LogP contribution >= 0.6 is 0 Å². The Morgan fingerprint density at radius 2 is 1.89 bits per heavy atom. The molecule has 0 radical (unpaired) electrons. The van der Waals surface area contributed by atoms with Crippen LogP contribution in [0.25, 0.3) is 0 Å². The summed E-state index contributed by atoms with van der Waals surface area (Å²) >= 11 is 0. The molecule has 1 N–H and O–H groups in total. The van der Waals surface area contributed by atoms with Gasteiger partial charge in [-0.05, 0) is 124 Å². The Morgan fingerprint density at radius 1 is 1.14 bits per heavy atom. The number of hydrogen-bond acceptors (Lipinski definition) is 2. The lowest BCUT2D eigenvalue weighted by Crippen LogP contribution is -2.54. The molecule has 0 heterocycles. The van der Waals surface area contributed by atoms with Crippen molar-refractivity contribution in [3.63, 3.8) is 0 Å². The minimum Gasteiger partial charge on any atom is -0.377 e. The second-order valence-electron chi connectivity index (χ2n) is 14.3. The molecule has 3 heteroatoms. The van der Waals surface area contributed by atoms with E-state index in [0.717, 1.165) is 49.7 Å². The van der Waals surface area contributed by atoms with E-state index in [1.54, 1.807) is 6.07 Å². The lowest BCUT2D eigenvalue weighted by atomic mass is 9.46. The zero-order valence-electron chi connectivity index (χ0n) is 23.7. The highest BCUT2D eigenvalue weighted by Gasteiger charge is 2.64. The first-order chi connectivity index (χ1) is 17.3. The summed E-state index contributed by atoms with van der Waals surface area (Å²) in [7, 11) is 0. The Labute approximate surface area is 223 Å². The highest BCUT2D eigenvalue weighted by molar-refractivity contribution is 5.91. The van der Waals surface area contributed by atoms with Crippen LogP contribution in [0, 0.1) is 58.1 Å². The first-order valence-corrected chi connectivity index (χ1v) is 14.6. The average Bonchev–Trinajstić information content (AvgIpc) is 3.08. The van der Waals surface area contributed by atoms with Gasteiger partial charge in [0.15, 0.2) is 5.78 Å². The van der Waals surface area contributed by atoms with Crippen LogP contribution in [0.4, 0.5) is 4.39 Å². The van der Waals surface area contributed by atoms with Gasteiger partial charge in [-0.1, -0.05) is 50.3 Å². The summed E-state index contributed by atoms with van der Waals surface area (Å²) in [6.45, 7) is 12.8. The zero-order chi connectivity index (χ0) is 26.8. The summed E-state index contributed by atoms with van der Waals surface area (Å²) in [6.07, 6.45) is 8.74. The van der Waals surface area contributed by atoms with Crippen LogP contribution in [0.5, 0.6) is 0 Å². The Hall–Kier alpha value is -1.92. The smallest absolute Gasteiger partial charge is 0.155 e. The maximum Gasteiger partial charge on any atom is 0.155 e. The van der Waals surface area contributed by atoms with Gasteiger partial charge in [0.2, 0.25) is 0 Å². The van der Waals surface area contributed by atoms with E-state index in [0.29, 0.717) is 42.4 Å². The second kappa shape index (κ2) is 9.37. The number of halogens is 1. The predicted octanol–water partition coefficient (Wildman–Crippen LogP) is 7.64. The van der Waals surface area contributed by atoms with Crippen molar-refractivity contribution in [1.82, 2.24) is 0 Å². The van der Waals surface area contributed by atoms with Gasteiger partial charge in [0, 0.05) is 17.3 Å². The molecule has 0 aromatic heterocycles. The van der Waals surface area contributed by atoms with Crippen molar-refractivity contribution in [2.75, 3.05) is 0 Å². The molecule has 0 saturated heterocycles. The van der Waals surface area contributed by atoms with Crippen molar-refractivity contribution < 1.29 is 14.3 Å². The number of benzene rings is 1. The molecule has 5 rings (SSSR count). The molecule has 4 aliphatic carbocycles. The van der Waals surface area contributed by atoms with Gasteiger partial charge < -0.3 is 5.11 Å². The van der Waals surface area contributed by atoms with Crippen molar-refractivity contribution in [2.24, 2.45) is 40.4 Å². The number of hydrogen-bond donors (Lipinski definition) is 1. The Bertz CT molecular complexity index is 1160. The molecule has 0 bridgehead atoms. The van der Waals surface area contributed by atoms with Crippen LogP contribution in [0.15, 0.2) is 29.8 Å². The normalized spacial score (nSPS) is 37.3. The van der Waals surface area contributed by atoms with E-state index >= 15 is 4.39 Å². The van der Waals surface area contributed by atoms with Crippen LogP contribution in [0.1, 0.15) is 104 Å². The van der Waals surface area contributed by atoms with Crippen LogP contribution in [-0.2, 0) is 11.2 Å². The van der Waals surface area contributed by atoms with E-state index in [-0.39, 0.29) is 28.3 Å². The van der Waals surface area contributed by atoms with Gasteiger partial charge in [-0.3, -0.25) is 4.79 Å². The molecule has 2 nitrogen and oxygen atoms in total. The first-order valence-electron chi connectivity index (χ1n) is 14.6.